The van der Waals surface area contributed by atoms with Crippen molar-refractivity contribution in [2.24, 2.45) is 5.92 Å². The first-order valence-corrected chi connectivity index (χ1v) is 7.13. The Kier molecular flexibility index (Phi) is 4.77. The number of carbonyl (C=O) groups is 1. The fourth-order valence-electron chi connectivity index (χ4n) is 2.54. The molecule has 1 unspecified atom stereocenters. The van der Waals surface area contributed by atoms with Gasteiger partial charge in [-0.15, -0.1) is 0 Å². The van der Waals surface area contributed by atoms with Crippen molar-refractivity contribution < 1.29 is 4.79 Å². The number of nitrogens with one attached hydrogen (secondary N) is 1. The molecule has 1 aliphatic heterocycles. The highest BCUT2D eigenvalue weighted by molar-refractivity contribution is 5.78. The summed E-state index contributed by atoms with van der Waals surface area (Å²) in [6.45, 7) is 5.68. The van der Waals surface area contributed by atoms with Gasteiger partial charge >= 0.3 is 0 Å². The third kappa shape index (κ3) is 3.69. The number of pyridine rings is 1. The Morgan fingerprint density at radius 2 is 2.16 bits per heavy atom. The Morgan fingerprint density at radius 3 is 2.84 bits per heavy atom. The molecule has 19 heavy (non-hydrogen) atoms. The van der Waals surface area contributed by atoms with Crippen molar-refractivity contribution in [3.05, 3.63) is 24.5 Å². The third-order valence-corrected chi connectivity index (χ3v) is 3.63. The first kappa shape index (κ1) is 13.8. The van der Waals surface area contributed by atoms with Crippen LogP contribution in [0.15, 0.2) is 24.5 Å². The highest BCUT2D eigenvalue weighted by Crippen LogP contribution is 2.20. The number of aromatic nitrogens is 1. The Balaban J connectivity index is 1.94. The summed E-state index contributed by atoms with van der Waals surface area (Å²) in [7, 11) is 0. The van der Waals surface area contributed by atoms with E-state index in [1.54, 1.807) is 12.4 Å². The molecule has 0 bridgehead atoms. The molecule has 0 saturated carbocycles. The number of rotatable bonds is 4. The minimum atomic E-state index is 0.0847. The number of carbonyl (C=O) groups excluding carboxylic acids is 1. The molecule has 0 aromatic carbocycles. The van der Waals surface area contributed by atoms with E-state index in [2.05, 4.69) is 15.2 Å². The molecule has 0 spiro atoms. The molecule has 2 heterocycles. The lowest BCUT2D eigenvalue weighted by atomic mass is 10.00. The second kappa shape index (κ2) is 6.55. The van der Waals surface area contributed by atoms with E-state index in [0.29, 0.717) is 6.04 Å². The van der Waals surface area contributed by atoms with E-state index in [9.17, 15) is 4.79 Å². The van der Waals surface area contributed by atoms with Crippen molar-refractivity contribution in [2.45, 2.75) is 39.2 Å². The molecule has 1 N–H and O–H groups in total. The molecule has 1 atom stereocenters. The molecule has 4 heteroatoms. The van der Waals surface area contributed by atoms with Crippen LogP contribution in [0.25, 0.3) is 0 Å². The van der Waals surface area contributed by atoms with E-state index in [1.807, 2.05) is 26.0 Å². The standard InChI is InChI=1S/C15H23N3O/c1-12(2)15(19)18-10-4-3-5-14(18)11-17-13-6-8-16-9-7-13/h6-9,12,14H,3-5,10-11H2,1-2H3,(H,16,17). The molecule has 1 amide bonds. The maximum absolute atomic E-state index is 12.2. The normalized spacial score (nSPS) is 19.5. The molecule has 104 valence electrons. The molecule has 4 nitrogen and oxygen atoms in total. The van der Waals surface area contributed by atoms with Gasteiger partial charge in [-0.3, -0.25) is 9.78 Å². The average Bonchev–Trinajstić information content (AvgIpc) is 2.45. The summed E-state index contributed by atoms with van der Waals surface area (Å²) in [5.74, 6) is 0.364. The Bertz CT molecular complexity index is 405. The summed E-state index contributed by atoms with van der Waals surface area (Å²) in [6.07, 6.45) is 6.99. The van der Waals surface area contributed by atoms with Gasteiger partial charge in [0.05, 0.1) is 0 Å². The van der Waals surface area contributed by atoms with Crippen molar-refractivity contribution in [1.82, 2.24) is 9.88 Å². The molecule has 0 aliphatic carbocycles. The summed E-state index contributed by atoms with van der Waals surface area (Å²) in [5, 5.41) is 3.40. The van der Waals surface area contributed by atoms with Gasteiger partial charge in [-0.05, 0) is 31.4 Å². The van der Waals surface area contributed by atoms with E-state index >= 15 is 0 Å². The topological polar surface area (TPSA) is 45.2 Å². The van der Waals surface area contributed by atoms with Crippen molar-refractivity contribution in [3.8, 4) is 0 Å². The van der Waals surface area contributed by atoms with Gasteiger partial charge in [0.25, 0.3) is 0 Å². The van der Waals surface area contributed by atoms with Gasteiger partial charge in [0.2, 0.25) is 5.91 Å². The monoisotopic (exact) mass is 261 g/mol. The second-order valence-corrected chi connectivity index (χ2v) is 5.45. The van der Waals surface area contributed by atoms with Crippen LogP contribution in [0.5, 0.6) is 0 Å². The van der Waals surface area contributed by atoms with Crippen LogP contribution in [0.1, 0.15) is 33.1 Å². The van der Waals surface area contributed by atoms with Crippen LogP contribution in [-0.4, -0.2) is 34.9 Å². The highest BCUT2D eigenvalue weighted by atomic mass is 16.2. The van der Waals surface area contributed by atoms with E-state index in [0.717, 1.165) is 31.6 Å². The van der Waals surface area contributed by atoms with Gasteiger partial charge in [0.15, 0.2) is 0 Å². The van der Waals surface area contributed by atoms with E-state index in [-0.39, 0.29) is 11.8 Å². The summed E-state index contributed by atoms with van der Waals surface area (Å²) in [4.78, 5) is 18.3. The number of hydrogen-bond acceptors (Lipinski definition) is 3. The maximum Gasteiger partial charge on any atom is 0.225 e. The predicted octanol–water partition coefficient (Wildman–Crippen LogP) is 2.53. The Hall–Kier alpha value is -1.58. The SMILES string of the molecule is CC(C)C(=O)N1CCCCC1CNc1ccncc1. The molecular weight excluding hydrogens is 238 g/mol. The molecule has 1 fully saturated rings. The first-order chi connectivity index (χ1) is 9.18. The van der Waals surface area contributed by atoms with Crippen LogP contribution < -0.4 is 5.32 Å². The molecule has 1 saturated heterocycles. The lowest BCUT2D eigenvalue weighted by Gasteiger charge is -2.37. The van der Waals surface area contributed by atoms with Crippen LogP contribution in [-0.2, 0) is 4.79 Å². The van der Waals surface area contributed by atoms with Crippen molar-refractivity contribution in [1.29, 1.82) is 0 Å². The Labute approximate surface area is 115 Å². The van der Waals surface area contributed by atoms with E-state index < -0.39 is 0 Å². The largest absolute Gasteiger partial charge is 0.383 e. The Morgan fingerprint density at radius 1 is 1.42 bits per heavy atom. The second-order valence-electron chi connectivity index (χ2n) is 5.45. The van der Waals surface area contributed by atoms with Crippen LogP contribution in [0.3, 0.4) is 0 Å². The molecule has 0 radical (unpaired) electrons. The number of piperidine rings is 1. The average molecular weight is 261 g/mol. The number of nitrogens with zero attached hydrogens (tertiary/aromatic N) is 2. The smallest absolute Gasteiger partial charge is 0.225 e. The fourth-order valence-corrected chi connectivity index (χ4v) is 2.54. The first-order valence-electron chi connectivity index (χ1n) is 7.13. The number of hydrogen-bond donors (Lipinski definition) is 1. The number of anilines is 1. The number of likely N-dealkylation sites (tertiary alicyclic amines) is 1. The van der Waals surface area contributed by atoms with Crippen LogP contribution >= 0.6 is 0 Å². The summed E-state index contributed by atoms with van der Waals surface area (Å²) in [5.41, 5.74) is 1.07. The molecule has 1 aromatic heterocycles. The molecule has 1 aromatic rings. The van der Waals surface area contributed by atoms with E-state index in [4.69, 9.17) is 0 Å². The minimum Gasteiger partial charge on any atom is -0.383 e. The summed E-state index contributed by atoms with van der Waals surface area (Å²) >= 11 is 0. The quantitative estimate of drug-likeness (QED) is 0.906. The zero-order valence-electron chi connectivity index (χ0n) is 11.8. The van der Waals surface area contributed by atoms with Gasteiger partial charge in [0.1, 0.15) is 0 Å². The van der Waals surface area contributed by atoms with Crippen molar-refractivity contribution >= 4 is 11.6 Å². The predicted molar refractivity (Wildman–Crippen MR) is 76.9 cm³/mol. The van der Waals surface area contributed by atoms with Crippen LogP contribution in [0, 0.1) is 5.92 Å². The molecule has 2 rings (SSSR count). The van der Waals surface area contributed by atoms with Crippen LogP contribution in [0.4, 0.5) is 5.69 Å². The maximum atomic E-state index is 12.2. The lowest BCUT2D eigenvalue weighted by Crippen LogP contribution is -2.48. The van der Waals surface area contributed by atoms with Gasteiger partial charge in [0, 0.05) is 43.1 Å². The van der Waals surface area contributed by atoms with Gasteiger partial charge in [-0.2, -0.15) is 0 Å². The fraction of sp³-hybridized carbons (Fsp3) is 0.600. The summed E-state index contributed by atoms with van der Waals surface area (Å²) < 4.78 is 0. The molecular formula is C15H23N3O. The highest BCUT2D eigenvalue weighted by Gasteiger charge is 2.27. The third-order valence-electron chi connectivity index (χ3n) is 3.63. The zero-order valence-corrected chi connectivity index (χ0v) is 11.8. The van der Waals surface area contributed by atoms with Crippen molar-refractivity contribution in [2.75, 3.05) is 18.4 Å². The lowest BCUT2D eigenvalue weighted by molar-refractivity contribution is -0.137. The van der Waals surface area contributed by atoms with Gasteiger partial charge in [-0.1, -0.05) is 13.8 Å². The zero-order chi connectivity index (χ0) is 13.7. The van der Waals surface area contributed by atoms with Crippen LogP contribution in [0.2, 0.25) is 0 Å². The van der Waals surface area contributed by atoms with Crippen molar-refractivity contribution in [3.63, 3.8) is 0 Å². The molecule has 1 aliphatic rings. The minimum absolute atomic E-state index is 0.0847. The summed E-state index contributed by atoms with van der Waals surface area (Å²) in [6, 6.07) is 4.23. The number of amides is 1. The van der Waals surface area contributed by atoms with Gasteiger partial charge in [-0.25, -0.2) is 0 Å². The van der Waals surface area contributed by atoms with Gasteiger partial charge < -0.3 is 10.2 Å². The van der Waals surface area contributed by atoms with E-state index in [1.165, 1.54) is 6.42 Å².